The molecule has 0 aliphatic rings. The van der Waals surface area contributed by atoms with E-state index in [4.69, 9.17) is 5.73 Å². The van der Waals surface area contributed by atoms with Crippen LogP contribution in [0.25, 0.3) is 0 Å². The molecular formula is C13H14N2OS. The molecule has 1 heterocycles. The second-order valence-corrected chi connectivity index (χ2v) is 4.91. The van der Waals surface area contributed by atoms with Gasteiger partial charge in [-0.15, -0.1) is 11.3 Å². The van der Waals surface area contributed by atoms with Gasteiger partial charge in [0, 0.05) is 16.3 Å². The van der Waals surface area contributed by atoms with Crippen LogP contribution in [-0.2, 0) is 11.2 Å². The molecule has 1 aromatic heterocycles. The Labute approximate surface area is 104 Å². The van der Waals surface area contributed by atoms with Gasteiger partial charge in [0.2, 0.25) is 5.91 Å². The SMILES string of the molecule is Cc1cc(N)ccc1NC(=O)Cc1cccs1. The van der Waals surface area contributed by atoms with E-state index in [-0.39, 0.29) is 5.91 Å². The fourth-order valence-electron chi connectivity index (χ4n) is 1.59. The number of carbonyl (C=O) groups is 1. The van der Waals surface area contributed by atoms with Gasteiger partial charge < -0.3 is 11.1 Å². The molecule has 3 nitrogen and oxygen atoms in total. The summed E-state index contributed by atoms with van der Waals surface area (Å²) < 4.78 is 0. The van der Waals surface area contributed by atoms with Gasteiger partial charge in [0.05, 0.1) is 6.42 Å². The van der Waals surface area contributed by atoms with E-state index in [2.05, 4.69) is 5.32 Å². The van der Waals surface area contributed by atoms with Crippen molar-refractivity contribution in [3.8, 4) is 0 Å². The van der Waals surface area contributed by atoms with Gasteiger partial charge in [0.15, 0.2) is 0 Å². The number of aryl methyl sites for hydroxylation is 1. The molecule has 0 aliphatic carbocycles. The molecule has 1 aromatic carbocycles. The monoisotopic (exact) mass is 246 g/mol. The first-order chi connectivity index (χ1) is 8.15. The highest BCUT2D eigenvalue weighted by Gasteiger charge is 2.06. The standard InChI is InChI=1S/C13H14N2OS/c1-9-7-10(14)4-5-12(9)15-13(16)8-11-3-2-6-17-11/h2-7H,8,14H2,1H3,(H,15,16). The third-order valence-corrected chi connectivity index (χ3v) is 3.32. The second-order valence-electron chi connectivity index (χ2n) is 3.88. The first-order valence-corrected chi connectivity index (χ1v) is 6.21. The Morgan fingerprint density at radius 1 is 1.41 bits per heavy atom. The zero-order valence-corrected chi connectivity index (χ0v) is 10.4. The summed E-state index contributed by atoms with van der Waals surface area (Å²) in [6, 6.07) is 9.37. The minimum Gasteiger partial charge on any atom is -0.399 e. The fraction of sp³-hybridized carbons (Fsp3) is 0.154. The summed E-state index contributed by atoms with van der Waals surface area (Å²) in [6.07, 6.45) is 0.418. The minimum atomic E-state index is 0.000298. The average Bonchev–Trinajstić information content (AvgIpc) is 2.75. The molecule has 0 aliphatic heterocycles. The molecule has 2 rings (SSSR count). The van der Waals surface area contributed by atoms with Crippen molar-refractivity contribution in [3.63, 3.8) is 0 Å². The van der Waals surface area contributed by atoms with Crippen molar-refractivity contribution in [2.45, 2.75) is 13.3 Å². The van der Waals surface area contributed by atoms with Gasteiger partial charge in [-0.1, -0.05) is 6.07 Å². The summed E-state index contributed by atoms with van der Waals surface area (Å²) >= 11 is 1.59. The second kappa shape index (κ2) is 5.01. The van der Waals surface area contributed by atoms with Gasteiger partial charge in [-0.2, -0.15) is 0 Å². The van der Waals surface area contributed by atoms with Gasteiger partial charge in [-0.25, -0.2) is 0 Å². The maximum absolute atomic E-state index is 11.8. The molecule has 0 atom stereocenters. The van der Waals surface area contributed by atoms with Crippen LogP contribution in [0.15, 0.2) is 35.7 Å². The number of benzene rings is 1. The quantitative estimate of drug-likeness (QED) is 0.818. The van der Waals surface area contributed by atoms with E-state index in [0.29, 0.717) is 12.1 Å². The highest BCUT2D eigenvalue weighted by molar-refractivity contribution is 7.10. The van der Waals surface area contributed by atoms with Crippen LogP contribution in [0.4, 0.5) is 11.4 Å². The molecule has 17 heavy (non-hydrogen) atoms. The van der Waals surface area contributed by atoms with Crippen molar-refractivity contribution in [1.29, 1.82) is 0 Å². The van der Waals surface area contributed by atoms with E-state index < -0.39 is 0 Å². The van der Waals surface area contributed by atoms with Crippen LogP contribution in [0.1, 0.15) is 10.4 Å². The number of nitrogens with one attached hydrogen (secondary N) is 1. The lowest BCUT2D eigenvalue weighted by Crippen LogP contribution is -2.14. The average molecular weight is 246 g/mol. The molecule has 0 saturated heterocycles. The molecule has 1 amide bonds. The number of anilines is 2. The molecule has 2 aromatic rings. The summed E-state index contributed by atoms with van der Waals surface area (Å²) in [7, 11) is 0. The van der Waals surface area contributed by atoms with E-state index >= 15 is 0 Å². The molecule has 0 fully saturated rings. The zero-order chi connectivity index (χ0) is 12.3. The zero-order valence-electron chi connectivity index (χ0n) is 9.57. The predicted molar refractivity (Wildman–Crippen MR) is 72.2 cm³/mol. The summed E-state index contributed by atoms with van der Waals surface area (Å²) in [5, 5.41) is 4.86. The third kappa shape index (κ3) is 3.07. The lowest BCUT2D eigenvalue weighted by atomic mass is 10.1. The Hall–Kier alpha value is -1.81. The minimum absolute atomic E-state index is 0.000298. The molecule has 4 heteroatoms. The van der Waals surface area contributed by atoms with Gasteiger partial charge in [-0.3, -0.25) is 4.79 Å². The van der Waals surface area contributed by atoms with E-state index in [9.17, 15) is 4.79 Å². The number of amides is 1. The topological polar surface area (TPSA) is 55.1 Å². The van der Waals surface area contributed by atoms with Crippen molar-refractivity contribution < 1.29 is 4.79 Å². The van der Waals surface area contributed by atoms with Crippen molar-refractivity contribution >= 4 is 28.6 Å². The maximum atomic E-state index is 11.8. The lowest BCUT2D eigenvalue weighted by molar-refractivity contribution is -0.115. The molecule has 3 N–H and O–H groups in total. The number of nitrogen functional groups attached to an aromatic ring is 1. The molecule has 0 radical (unpaired) electrons. The first-order valence-electron chi connectivity index (χ1n) is 5.33. The van der Waals surface area contributed by atoms with Gasteiger partial charge in [-0.05, 0) is 42.1 Å². The van der Waals surface area contributed by atoms with Crippen LogP contribution in [-0.4, -0.2) is 5.91 Å². The number of hydrogen-bond acceptors (Lipinski definition) is 3. The highest BCUT2D eigenvalue weighted by Crippen LogP contribution is 2.18. The molecule has 0 bridgehead atoms. The maximum Gasteiger partial charge on any atom is 0.229 e. The molecular weight excluding hydrogens is 232 g/mol. The van der Waals surface area contributed by atoms with Gasteiger partial charge in [0.25, 0.3) is 0 Å². The number of rotatable bonds is 3. The van der Waals surface area contributed by atoms with Crippen LogP contribution in [0.2, 0.25) is 0 Å². The summed E-state index contributed by atoms with van der Waals surface area (Å²) in [5.41, 5.74) is 8.16. The predicted octanol–water partition coefficient (Wildman–Crippen LogP) is 2.82. The van der Waals surface area contributed by atoms with Crippen LogP contribution in [0.3, 0.4) is 0 Å². The van der Waals surface area contributed by atoms with Crippen molar-refractivity contribution in [2.75, 3.05) is 11.1 Å². The van der Waals surface area contributed by atoms with Crippen molar-refractivity contribution in [2.24, 2.45) is 0 Å². The first kappa shape index (κ1) is 11.7. The molecule has 0 spiro atoms. The highest BCUT2D eigenvalue weighted by atomic mass is 32.1. The molecule has 0 unspecified atom stereocenters. The van der Waals surface area contributed by atoms with Crippen LogP contribution in [0, 0.1) is 6.92 Å². The van der Waals surface area contributed by atoms with Crippen LogP contribution < -0.4 is 11.1 Å². The van der Waals surface area contributed by atoms with Crippen LogP contribution >= 0.6 is 11.3 Å². The largest absolute Gasteiger partial charge is 0.399 e. The van der Waals surface area contributed by atoms with Crippen LogP contribution in [0.5, 0.6) is 0 Å². The van der Waals surface area contributed by atoms with E-state index in [1.165, 1.54) is 0 Å². The van der Waals surface area contributed by atoms with E-state index in [1.807, 2.05) is 36.6 Å². The molecule has 88 valence electrons. The smallest absolute Gasteiger partial charge is 0.229 e. The van der Waals surface area contributed by atoms with Gasteiger partial charge >= 0.3 is 0 Å². The Bertz CT molecular complexity index is 520. The Morgan fingerprint density at radius 2 is 2.24 bits per heavy atom. The number of thiophene rings is 1. The molecule has 0 saturated carbocycles. The Balaban J connectivity index is 2.03. The normalized spacial score (nSPS) is 10.2. The Kier molecular flexibility index (Phi) is 3.44. The Morgan fingerprint density at radius 3 is 2.88 bits per heavy atom. The fourth-order valence-corrected chi connectivity index (χ4v) is 2.30. The third-order valence-electron chi connectivity index (χ3n) is 2.44. The van der Waals surface area contributed by atoms with Crippen molar-refractivity contribution in [1.82, 2.24) is 0 Å². The summed E-state index contributed by atoms with van der Waals surface area (Å²) in [5.74, 6) is 0.000298. The van der Waals surface area contributed by atoms with Gasteiger partial charge in [0.1, 0.15) is 0 Å². The van der Waals surface area contributed by atoms with Crippen molar-refractivity contribution in [3.05, 3.63) is 46.2 Å². The summed E-state index contributed by atoms with van der Waals surface area (Å²) in [4.78, 5) is 12.8. The number of carbonyl (C=O) groups excluding carboxylic acids is 1. The van der Waals surface area contributed by atoms with E-state index in [0.717, 1.165) is 16.1 Å². The van der Waals surface area contributed by atoms with E-state index in [1.54, 1.807) is 17.4 Å². The lowest BCUT2D eigenvalue weighted by Gasteiger charge is -2.08. The summed E-state index contributed by atoms with van der Waals surface area (Å²) in [6.45, 7) is 1.93. The number of hydrogen-bond donors (Lipinski definition) is 2. The number of nitrogens with two attached hydrogens (primary N) is 1.